The first-order valence-corrected chi connectivity index (χ1v) is 7.02. The first-order valence-electron chi connectivity index (χ1n) is 7.02. The SMILES string of the molecule is CN(C)CCNC(=O)c1nc2ccccn2c1CN(C)C. The topological polar surface area (TPSA) is 52.9 Å². The molecule has 1 N–H and O–H groups in total. The summed E-state index contributed by atoms with van der Waals surface area (Å²) in [6.45, 7) is 2.09. The van der Waals surface area contributed by atoms with E-state index >= 15 is 0 Å². The Morgan fingerprint density at radius 1 is 1.24 bits per heavy atom. The summed E-state index contributed by atoms with van der Waals surface area (Å²) in [7, 11) is 7.93. The van der Waals surface area contributed by atoms with Gasteiger partial charge < -0.3 is 19.5 Å². The van der Waals surface area contributed by atoms with Gasteiger partial charge in [-0.3, -0.25) is 4.79 Å². The lowest BCUT2D eigenvalue weighted by atomic mass is 10.3. The number of rotatable bonds is 6. The molecule has 2 rings (SSSR count). The van der Waals surface area contributed by atoms with Gasteiger partial charge in [0, 0.05) is 25.8 Å². The summed E-state index contributed by atoms with van der Waals surface area (Å²) in [6, 6.07) is 5.78. The van der Waals surface area contributed by atoms with Gasteiger partial charge in [0.05, 0.1) is 5.69 Å². The molecule has 114 valence electrons. The van der Waals surface area contributed by atoms with E-state index in [1.807, 2.05) is 66.8 Å². The zero-order valence-corrected chi connectivity index (χ0v) is 13.1. The van der Waals surface area contributed by atoms with E-state index in [1.54, 1.807) is 0 Å². The molecule has 2 heterocycles. The Labute approximate surface area is 125 Å². The van der Waals surface area contributed by atoms with Crippen molar-refractivity contribution in [2.75, 3.05) is 41.3 Å². The van der Waals surface area contributed by atoms with Crippen LogP contribution in [-0.4, -0.2) is 66.4 Å². The van der Waals surface area contributed by atoms with Gasteiger partial charge in [-0.2, -0.15) is 0 Å². The predicted octanol–water partition coefficient (Wildman–Crippen LogP) is 0.687. The second kappa shape index (κ2) is 6.69. The van der Waals surface area contributed by atoms with Crippen molar-refractivity contribution in [3.8, 4) is 0 Å². The average Bonchev–Trinajstić information content (AvgIpc) is 2.77. The molecular weight excluding hydrogens is 266 g/mol. The predicted molar refractivity (Wildman–Crippen MR) is 83.5 cm³/mol. The molecule has 0 atom stereocenters. The van der Waals surface area contributed by atoms with Gasteiger partial charge in [-0.1, -0.05) is 6.07 Å². The third-order valence-corrected chi connectivity index (χ3v) is 3.15. The van der Waals surface area contributed by atoms with Crippen LogP contribution in [0.25, 0.3) is 5.65 Å². The molecule has 0 fully saturated rings. The number of nitrogens with zero attached hydrogens (tertiary/aromatic N) is 4. The first kappa shape index (κ1) is 15.5. The van der Waals surface area contributed by atoms with Crippen molar-refractivity contribution in [1.82, 2.24) is 24.5 Å². The molecule has 0 aliphatic heterocycles. The molecule has 0 unspecified atom stereocenters. The van der Waals surface area contributed by atoms with E-state index in [1.165, 1.54) is 0 Å². The fraction of sp³-hybridized carbons (Fsp3) is 0.467. The number of carbonyl (C=O) groups excluding carboxylic acids is 1. The number of pyridine rings is 1. The quantitative estimate of drug-likeness (QED) is 0.850. The van der Waals surface area contributed by atoms with Gasteiger partial charge in [-0.05, 0) is 40.3 Å². The summed E-state index contributed by atoms with van der Waals surface area (Å²) in [6.07, 6.45) is 1.94. The van der Waals surface area contributed by atoms with Crippen LogP contribution in [0, 0.1) is 0 Å². The van der Waals surface area contributed by atoms with Gasteiger partial charge in [-0.25, -0.2) is 4.98 Å². The van der Waals surface area contributed by atoms with Crippen LogP contribution >= 0.6 is 0 Å². The van der Waals surface area contributed by atoms with Crippen LogP contribution in [0.1, 0.15) is 16.2 Å². The number of hydrogen-bond acceptors (Lipinski definition) is 4. The van der Waals surface area contributed by atoms with Gasteiger partial charge in [-0.15, -0.1) is 0 Å². The molecule has 21 heavy (non-hydrogen) atoms. The number of likely N-dealkylation sites (N-methyl/N-ethyl adjacent to an activating group) is 1. The lowest BCUT2D eigenvalue weighted by molar-refractivity contribution is 0.0945. The lowest BCUT2D eigenvalue weighted by Crippen LogP contribution is -2.32. The van der Waals surface area contributed by atoms with Crippen LogP contribution < -0.4 is 5.32 Å². The normalized spacial score (nSPS) is 11.5. The zero-order chi connectivity index (χ0) is 15.4. The van der Waals surface area contributed by atoms with Gasteiger partial charge in [0.1, 0.15) is 5.65 Å². The van der Waals surface area contributed by atoms with Crippen LogP contribution in [0.4, 0.5) is 0 Å². The summed E-state index contributed by atoms with van der Waals surface area (Å²) in [5, 5.41) is 2.93. The first-order chi connectivity index (χ1) is 9.99. The van der Waals surface area contributed by atoms with Crippen LogP contribution in [-0.2, 0) is 6.54 Å². The monoisotopic (exact) mass is 289 g/mol. The summed E-state index contributed by atoms with van der Waals surface area (Å²) in [5.41, 5.74) is 2.22. The summed E-state index contributed by atoms with van der Waals surface area (Å²) in [5.74, 6) is -0.114. The third-order valence-electron chi connectivity index (χ3n) is 3.15. The minimum Gasteiger partial charge on any atom is -0.349 e. The van der Waals surface area contributed by atoms with E-state index in [9.17, 15) is 4.79 Å². The maximum atomic E-state index is 12.4. The highest BCUT2D eigenvalue weighted by molar-refractivity contribution is 5.94. The Kier molecular flexibility index (Phi) is 4.93. The van der Waals surface area contributed by atoms with Crippen molar-refractivity contribution in [2.45, 2.75) is 6.54 Å². The summed E-state index contributed by atoms with van der Waals surface area (Å²) >= 11 is 0. The van der Waals surface area contributed by atoms with Crippen LogP contribution in [0.5, 0.6) is 0 Å². The summed E-state index contributed by atoms with van der Waals surface area (Å²) < 4.78 is 1.97. The molecule has 0 aliphatic rings. The van der Waals surface area contributed by atoms with E-state index in [0.717, 1.165) is 17.9 Å². The Hall–Kier alpha value is -1.92. The van der Waals surface area contributed by atoms with E-state index in [-0.39, 0.29) is 5.91 Å². The average molecular weight is 289 g/mol. The van der Waals surface area contributed by atoms with Crippen molar-refractivity contribution >= 4 is 11.6 Å². The highest BCUT2D eigenvalue weighted by Gasteiger charge is 2.18. The van der Waals surface area contributed by atoms with Crippen molar-refractivity contribution in [3.05, 3.63) is 35.8 Å². The molecule has 0 spiro atoms. The van der Waals surface area contributed by atoms with Crippen molar-refractivity contribution in [3.63, 3.8) is 0 Å². The molecule has 2 aromatic rings. The fourth-order valence-corrected chi connectivity index (χ4v) is 2.16. The smallest absolute Gasteiger partial charge is 0.271 e. The number of aromatic nitrogens is 2. The Bertz CT molecular complexity index is 618. The van der Waals surface area contributed by atoms with Crippen molar-refractivity contribution in [2.24, 2.45) is 0 Å². The van der Waals surface area contributed by atoms with E-state index in [4.69, 9.17) is 0 Å². The van der Waals surface area contributed by atoms with E-state index in [0.29, 0.717) is 18.8 Å². The molecule has 0 aliphatic carbocycles. The molecule has 0 aromatic carbocycles. The number of amides is 1. The standard InChI is InChI=1S/C15H23N5O/c1-18(2)10-8-16-15(21)14-12(11-19(3)4)20-9-6-5-7-13(20)17-14/h5-7,9H,8,10-11H2,1-4H3,(H,16,21). The lowest BCUT2D eigenvalue weighted by Gasteiger charge is -2.12. The van der Waals surface area contributed by atoms with Gasteiger partial charge in [0.25, 0.3) is 5.91 Å². The number of imidazole rings is 1. The van der Waals surface area contributed by atoms with Gasteiger partial charge >= 0.3 is 0 Å². The number of carbonyl (C=O) groups is 1. The fourth-order valence-electron chi connectivity index (χ4n) is 2.16. The zero-order valence-electron chi connectivity index (χ0n) is 13.1. The summed E-state index contributed by atoms with van der Waals surface area (Å²) in [4.78, 5) is 20.9. The minimum atomic E-state index is -0.114. The maximum Gasteiger partial charge on any atom is 0.271 e. The molecule has 6 nitrogen and oxygen atoms in total. The number of fused-ring (bicyclic) bond motifs is 1. The van der Waals surface area contributed by atoms with Crippen molar-refractivity contribution in [1.29, 1.82) is 0 Å². The largest absolute Gasteiger partial charge is 0.349 e. The molecular formula is C15H23N5O. The Morgan fingerprint density at radius 3 is 2.67 bits per heavy atom. The molecule has 1 amide bonds. The Balaban J connectivity index is 2.26. The number of nitrogens with one attached hydrogen (secondary N) is 1. The third kappa shape index (κ3) is 3.80. The molecule has 0 saturated heterocycles. The number of hydrogen-bond donors (Lipinski definition) is 1. The second-order valence-electron chi connectivity index (χ2n) is 5.63. The molecule has 0 bridgehead atoms. The second-order valence-corrected chi connectivity index (χ2v) is 5.63. The van der Waals surface area contributed by atoms with Crippen LogP contribution in [0.2, 0.25) is 0 Å². The molecule has 0 radical (unpaired) electrons. The van der Waals surface area contributed by atoms with Crippen molar-refractivity contribution < 1.29 is 4.79 Å². The highest BCUT2D eigenvalue weighted by atomic mass is 16.1. The maximum absolute atomic E-state index is 12.4. The molecule has 2 aromatic heterocycles. The molecule has 6 heteroatoms. The molecule has 0 saturated carbocycles. The van der Waals surface area contributed by atoms with E-state index < -0.39 is 0 Å². The highest BCUT2D eigenvalue weighted by Crippen LogP contribution is 2.14. The van der Waals surface area contributed by atoms with Crippen LogP contribution in [0.15, 0.2) is 24.4 Å². The van der Waals surface area contributed by atoms with Gasteiger partial charge in [0.15, 0.2) is 5.69 Å². The Morgan fingerprint density at radius 2 is 2.00 bits per heavy atom. The van der Waals surface area contributed by atoms with Crippen LogP contribution in [0.3, 0.4) is 0 Å². The van der Waals surface area contributed by atoms with E-state index in [2.05, 4.69) is 10.3 Å². The minimum absolute atomic E-state index is 0.114. The van der Waals surface area contributed by atoms with Gasteiger partial charge in [0.2, 0.25) is 0 Å².